The fourth-order valence-corrected chi connectivity index (χ4v) is 2.27. The molecule has 3 nitrogen and oxygen atoms in total. The Labute approximate surface area is 126 Å². The van der Waals surface area contributed by atoms with E-state index >= 15 is 0 Å². The van der Waals surface area contributed by atoms with Gasteiger partial charge < -0.3 is 9.47 Å². The smallest absolute Gasteiger partial charge is 0.197 e. The Bertz CT molecular complexity index is 596. The molecule has 0 saturated heterocycles. The fourth-order valence-electron chi connectivity index (χ4n) is 1.81. The van der Waals surface area contributed by atoms with E-state index in [0.717, 1.165) is 4.47 Å². The molecule has 4 heteroatoms. The van der Waals surface area contributed by atoms with Crippen LogP contribution in [0, 0.1) is 0 Å². The predicted octanol–water partition coefficient (Wildman–Crippen LogP) is 3.71. The summed E-state index contributed by atoms with van der Waals surface area (Å²) in [5, 5.41) is 0. The molecule has 20 heavy (non-hydrogen) atoms. The van der Waals surface area contributed by atoms with E-state index in [0.29, 0.717) is 30.1 Å². The first-order valence-electron chi connectivity index (χ1n) is 6.24. The van der Waals surface area contributed by atoms with Crippen LogP contribution in [0.1, 0.15) is 15.9 Å². The molecular formula is C16H15BrO3. The summed E-state index contributed by atoms with van der Waals surface area (Å²) in [7, 11) is 1.61. The van der Waals surface area contributed by atoms with Gasteiger partial charge in [0.25, 0.3) is 0 Å². The Kier molecular flexibility index (Phi) is 5.32. The van der Waals surface area contributed by atoms with Crippen LogP contribution >= 0.6 is 15.9 Å². The van der Waals surface area contributed by atoms with E-state index in [2.05, 4.69) is 15.9 Å². The number of halogens is 1. The van der Waals surface area contributed by atoms with Crippen molar-refractivity contribution >= 4 is 21.7 Å². The topological polar surface area (TPSA) is 35.5 Å². The lowest BCUT2D eigenvalue weighted by atomic mass is 10.0. The predicted molar refractivity (Wildman–Crippen MR) is 81.4 cm³/mol. The van der Waals surface area contributed by atoms with E-state index in [1.807, 2.05) is 30.3 Å². The lowest BCUT2D eigenvalue weighted by molar-refractivity contribution is 0.103. The highest BCUT2D eigenvalue weighted by Gasteiger charge is 2.16. The van der Waals surface area contributed by atoms with Gasteiger partial charge in [0.05, 0.1) is 12.2 Å². The van der Waals surface area contributed by atoms with Crippen LogP contribution in [0.4, 0.5) is 0 Å². The molecule has 0 heterocycles. The number of ether oxygens (including phenoxy) is 2. The first-order valence-corrected chi connectivity index (χ1v) is 7.03. The van der Waals surface area contributed by atoms with Crippen LogP contribution in [-0.4, -0.2) is 26.1 Å². The number of carbonyl (C=O) groups excluding carboxylic acids is 1. The summed E-state index contributed by atoms with van der Waals surface area (Å²) in [5.41, 5.74) is 1.17. The summed E-state index contributed by atoms with van der Waals surface area (Å²) < 4.78 is 11.3. The van der Waals surface area contributed by atoms with Gasteiger partial charge in [0.1, 0.15) is 12.4 Å². The molecule has 0 unspecified atom stereocenters. The van der Waals surface area contributed by atoms with Crippen LogP contribution in [0.2, 0.25) is 0 Å². The van der Waals surface area contributed by atoms with Crippen molar-refractivity contribution in [1.29, 1.82) is 0 Å². The maximum absolute atomic E-state index is 12.6. The molecular weight excluding hydrogens is 320 g/mol. The number of rotatable bonds is 6. The maximum Gasteiger partial charge on any atom is 0.197 e. The second kappa shape index (κ2) is 7.22. The third kappa shape index (κ3) is 3.46. The average molecular weight is 335 g/mol. The number of benzene rings is 2. The molecule has 104 valence electrons. The monoisotopic (exact) mass is 334 g/mol. The van der Waals surface area contributed by atoms with Crippen molar-refractivity contribution in [2.45, 2.75) is 0 Å². The van der Waals surface area contributed by atoms with Crippen LogP contribution in [0.3, 0.4) is 0 Å². The molecule has 0 aliphatic rings. The number of methoxy groups -OCH3 is 1. The second-order valence-electron chi connectivity index (χ2n) is 4.15. The Hall–Kier alpha value is -1.65. The lowest BCUT2D eigenvalue weighted by Crippen LogP contribution is -2.09. The Morgan fingerprint density at radius 1 is 1.00 bits per heavy atom. The molecule has 0 amide bonds. The lowest BCUT2D eigenvalue weighted by Gasteiger charge is -2.11. The van der Waals surface area contributed by atoms with Crippen LogP contribution < -0.4 is 4.74 Å². The van der Waals surface area contributed by atoms with Crippen molar-refractivity contribution in [3.05, 3.63) is 64.1 Å². The van der Waals surface area contributed by atoms with Gasteiger partial charge in [0.2, 0.25) is 0 Å². The van der Waals surface area contributed by atoms with E-state index in [1.54, 1.807) is 25.3 Å². The van der Waals surface area contributed by atoms with Gasteiger partial charge in [-0.05, 0) is 24.3 Å². The summed E-state index contributed by atoms with van der Waals surface area (Å²) in [6, 6.07) is 14.6. The second-order valence-corrected chi connectivity index (χ2v) is 5.00. The highest BCUT2D eigenvalue weighted by Crippen LogP contribution is 2.25. The molecule has 0 saturated carbocycles. The summed E-state index contributed by atoms with van der Waals surface area (Å²) in [6.45, 7) is 0.897. The van der Waals surface area contributed by atoms with Crippen molar-refractivity contribution in [1.82, 2.24) is 0 Å². The fraction of sp³-hybridized carbons (Fsp3) is 0.188. The molecule has 0 spiro atoms. The zero-order valence-electron chi connectivity index (χ0n) is 11.1. The van der Waals surface area contributed by atoms with Crippen molar-refractivity contribution in [2.24, 2.45) is 0 Å². The zero-order chi connectivity index (χ0) is 14.4. The van der Waals surface area contributed by atoms with Crippen molar-refractivity contribution in [3.8, 4) is 5.75 Å². The molecule has 0 atom stereocenters. The van der Waals surface area contributed by atoms with Gasteiger partial charge in [-0.1, -0.05) is 40.2 Å². The third-order valence-corrected chi connectivity index (χ3v) is 3.49. The number of hydrogen-bond donors (Lipinski definition) is 0. The quantitative estimate of drug-likeness (QED) is 0.596. The minimum atomic E-state index is -0.0644. The Morgan fingerprint density at radius 2 is 1.65 bits per heavy atom. The van der Waals surface area contributed by atoms with E-state index in [1.165, 1.54) is 0 Å². The molecule has 0 aromatic heterocycles. The average Bonchev–Trinajstić information content (AvgIpc) is 2.48. The first-order chi connectivity index (χ1) is 9.74. The van der Waals surface area contributed by atoms with Crippen molar-refractivity contribution < 1.29 is 14.3 Å². The highest BCUT2D eigenvalue weighted by molar-refractivity contribution is 9.10. The van der Waals surface area contributed by atoms with Crippen LogP contribution in [0.5, 0.6) is 5.75 Å². The summed E-state index contributed by atoms with van der Waals surface area (Å²) in [6.07, 6.45) is 0. The highest BCUT2D eigenvalue weighted by atomic mass is 79.9. The van der Waals surface area contributed by atoms with Gasteiger partial charge in [-0.3, -0.25) is 4.79 Å². The molecule has 0 bridgehead atoms. The van der Waals surface area contributed by atoms with Gasteiger partial charge in [0, 0.05) is 17.1 Å². The van der Waals surface area contributed by atoms with E-state index in [-0.39, 0.29) is 5.78 Å². The maximum atomic E-state index is 12.6. The largest absolute Gasteiger partial charge is 0.490 e. The Balaban J connectivity index is 2.28. The normalized spacial score (nSPS) is 10.3. The number of hydrogen-bond acceptors (Lipinski definition) is 3. The summed E-state index contributed by atoms with van der Waals surface area (Å²) >= 11 is 3.40. The SMILES string of the molecule is COCCOc1ccccc1C(=O)c1ccccc1Br. The van der Waals surface area contributed by atoms with Gasteiger partial charge in [-0.2, -0.15) is 0 Å². The summed E-state index contributed by atoms with van der Waals surface area (Å²) in [5.74, 6) is 0.510. The Morgan fingerprint density at radius 3 is 2.35 bits per heavy atom. The number of carbonyl (C=O) groups is 1. The summed E-state index contributed by atoms with van der Waals surface area (Å²) in [4.78, 5) is 12.6. The molecule has 0 aliphatic carbocycles. The standard InChI is InChI=1S/C16H15BrO3/c1-19-10-11-20-15-9-5-3-7-13(15)16(18)12-6-2-4-8-14(12)17/h2-9H,10-11H2,1H3. The third-order valence-electron chi connectivity index (χ3n) is 2.80. The van der Waals surface area contributed by atoms with Crippen molar-refractivity contribution in [2.75, 3.05) is 20.3 Å². The van der Waals surface area contributed by atoms with Crippen LogP contribution in [-0.2, 0) is 4.74 Å². The van der Waals surface area contributed by atoms with Gasteiger partial charge in [-0.25, -0.2) is 0 Å². The van der Waals surface area contributed by atoms with E-state index < -0.39 is 0 Å². The van der Waals surface area contributed by atoms with Gasteiger partial charge in [0.15, 0.2) is 5.78 Å². The number of para-hydroxylation sites is 1. The minimum Gasteiger partial charge on any atom is -0.490 e. The molecule has 0 N–H and O–H groups in total. The van der Waals surface area contributed by atoms with Gasteiger partial charge >= 0.3 is 0 Å². The van der Waals surface area contributed by atoms with Crippen molar-refractivity contribution in [3.63, 3.8) is 0 Å². The van der Waals surface area contributed by atoms with E-state index in [9.17, 15) is 4.79 Å². The van der Waals surface area contributed by atoms with E-state index in [4.69, 9.17) is 9.47 Å². The molecule has 2 rings (SSSR count). The molecule has 0 radical (unpaired) electrons. The van der Waals surface area contributed by atoms with Crippen LogP contribution in [0.25, 0.3) is 0 Å². The molecule has 2 aromatic rings. The zero-order valence-corrected chi connectivity index (χ0v) is 12.7. The van der Waals surface area contributed by atoms with Crippen LogP contribution in [0.15, 0.2) is 53.0 Å². The molecule has 0 aliphatic heterocycles. The first kappa shape index (κ1) is 14.8. The van der Waals surface area contributed by atoms with Gasteiger partial charge in [-0.15, -0.1) is 0 Å². The molecule has 2 aromatic carbocycles. The minimum absolute atomic E-state index is 0.0644. The number of ketones is 1. The molecule has 0 fully saturated rings.